The van der Waals surface area contributed by atoms with Crippen molar-refractivity contribution in [3.8, 4) is 0 Å². The molecule has 0 aromatic carbocycles. The lowest BCUT2D eigenvalue weighted by Crippen LogP contribution is -2.67. The summed E-state index contributed by atoms with van der Waals surface area (Å²) in [5.41, 5.74) is 0. The molecule has 6 nitrogen and oxygen atoms in total. The Balaban J connectivity index is 0.000000352. The summed E-state index contributed by atoms with van der Waals surface area (Å²) < 4.78 is 0. The van der Waals surface area contributed by atoms with E-state index in [4.69, 9.17) is 0 Å². The van der Waals surface area contributed by atoms with Crippen LogP contribution in [0, 0.1) is 17.8 Å². The van der Waals surface area contributed by atoms with E-state index in [1.807, 2.05) is 18.8 Å². The molecule has 2 amide bonds. The lowest BCUT2D eigenvalue weighted by Gasteiger charge is -2.54. The lowest BCUT2D eigenvalue weighted by atomic mass is 9.72. The topological polar surface area (TPSA) is 64.7 Å². The van der Waals surface area contributed by atoms with Gasteiger partial charge in [-0.15, -0.1) is 11.8 Å². The lowest BCUT2D eigenvalue weighted by molar-refractivity contribution is -0.155. The zero-order valence-corrected chi connectivity index (χ0v) is 21.8. The molecule has 2 aliphatic heterocycles. The summed E-state index contributed by atoms with van der Waals surface area (Å²) in [6.45, 7) is 11.3. The number of fused-ring (bicyclic) bond motifs is 1. The van der Waals surface area contributed by atoms with E-state index >= 15 is 0 Å². The normalized spacial score (nSPS) is 33.2. The predicted octanol–water partition coefficient (Wildman–Crippen LogP) is 3.32. The maximum atomic E-state index is 12.9. The number of amides is 2. The highest BCUT2D eigenvalue weighted by Crippen LogP contribution is 2.41. The van der Waals surface area contributed by atoms with Gasteiger partial charge in [-0.2, -0.15) is 0 Å². The predicted molar refractivity (Wildman–Crippen MR) is 134 cm³/mol. The summed E-state index contributed by atoms with van der Waals surface area (Å²) >= 11 is 2.03. The van der Waals surface area contributed by atoms with Crippen LogP contribution in [-0.2, 0) is 9.59 Å². The van der Waals surface area contributed by atoms with E-state index < -0.39 is 0 Å². The minimum atomic E-state index is 0.136. The summed E-state index contributed by atoms with van der Waals surface area (Å²) in [7, 11) is 2.02. The Labute approximate surface area is 200 Å². The van der Waals surface area contributed by atoms with Crippen LogP contribution in [0.4, 0.5) is 0 Å². The number of nitrogens with one attached hydrogen (secondary N) is 2. The van der Waals surface area contributed by atoms with Crippen LogP contribution in [0.3, 0.4) is 0 Å². The summed E-state index contributed by atoms with van der Waals surface area (Å²) in [5.74, 6) is 3.26. The van der Waals surface area contributed by atoms with Crippen molar-refractivity contribution in [2.75, 3.05) is 32.6 Å². The molecule has 32 heavy (non-hydrogen) atoms. The van der Waals surface area contributed by atoms with Crippen molar-refractivity contribution in [3.05, 3.63) is 0 Å². The third-order valence-electron chi connectivity index (χ3n) is 7.99. The van der Waals surface area contributed by atoms with Crippen LogP contribution in [0.15, 0.2) is 0 Å². The molecule has 0 aromatic rings. The number of rotatable bonds is 6. The molecule has 7 heteroatoms. The molecule has 0 radical (unpaired) electrons. The van der Waals surface area contributed by atoms with Gasteiger partial charge in [0.15, 0.2) is 0 Å². The highest BCUT2D eigenvalue weighted by Gasteiger charge is 2.49. The molecule has 0 spiro atoms. The Bertz CT molecular complexity index is 623. The fourth-order valence-electron chi connectivity index (χ4n) is 6.07. The minimum Gasteiger partial charge on any atom is -0.335 e. The summed E-state index contributed by atoms with van der Waals surface area (Å²) in [4.78, 5) is 29.4. The first kappa shape index (κ1) is 25.8. The van der Waals surface area contributed by atoms with Crippen molar-refractivity contribution in [1.82, 2.24) is 20.4 Å². The summed E-state index contributed by atoms with van der Waals surface area (Å²) in [6, 6.07) is 0.572. The van der Waals surface area contributed by atoms with Crippen LogP contribution in [0.5, 0.6) is 0 Å². The molecule has 4 fully saturated rings. The highest BCUT2D eigenvalue weighted by molar-refractivity contribution is 8.00. The van der Waals surface area contributed by atoms with E-state index in [9.17, 15) is 9.59 Å². The third-order valence-corrected chi connectivity index (χ3v) is 9.34. The molecule has 2 aliphatic carbocycles. The molecular formula is C25H46N4O2S. The molecule has 4 rings (SSSR count). The molecule has 0 aromatic heterocycles. The second-order valence-electron chi connectivity index (χ2n) is 10.3. The number of nitrogens with zero attached hydrogens (tertiary/aromatic N) is 2. The number of thioether (sulfide) groups is 1. The fourth-order valence-corrected chi connectivity index (χ4v) is 7.01. The molecule has 4 aliphatic rings. The number of carbonyl (C=O) groups is 2. The average Bonchev–Trinajstić information content (AvgIpc) is 3.50. The first-order valence-corrected chi connectivity index (χ1v) is 14.0. The van der Waals surface area contributed by atoms with E-state index in [0.29, 0.717) is 24.3 Å². The summed E-state index contributed by atoms with van der Waals surface area (Å²) in [6.07, 6.45) is 7.86. The van der Waals surface area contributed by atoms with Gasteiger partial charge in [-0.3, -0.25) is 9.59 Å². The monoisotopic (exact) mass is 466 g/mol. The smallest absolute Gasteiger partial charge is 0.226 e. The average molecular weight is 467 g/mol. The molecular weight excluding hydrogens is 420 g/mol. The third kappa shape index (κ3) is 6.20. The van der Waals surface area contributed by atoms with E-state index in [1.54, 1.807) is 6.92 Å². The van der Waals surface area contributed by atoms with Gasteiger partial charge in [-0.25, -0.2) is 0 Å². The number of hydrogen-bond donors (Lipinski definition) is 2. The Morgan fingerprint density at radius 1 is 1.16 bits per heavy atom. The van der Waals surface area contributed by atoms with Gasteiger partial charge in [-0.05, 0) is 70.9 Å². The van der Waals surface area contributed by atoms with Crippen LogP contribution in [0.1, 0.15) is 72.6 Å². The van der Waals surface area contributed by atoms with Crippen molar-refractivity contribution in [3.63, 3.8) is 0 Å². The van der Waals surface area contributed by atoms with Crippen LogP contribution in [0.2, 0.25) is 0 Å². The zero-order chi connectivity index (χ0) is 23.3. The molecule has 6 atom stereocenters. The van der Waals surface area contributed by atoms with Gasteiger partial charge in [-0.1, -0.05) is 20.3 Å². The maximum absolute atomic E-state index is 12.9. The molecule has 184 valence electrons. The van der Waals surface area contributed by atoms with Crippen molar-refractivity contribution in [2.24, 2.45) is 17.8 Å². The van der Waals surface area contributed by atoms with Gasteiger partial charge in [0.1, 0.15) is 0 Å². The van der Waals surface area contributed by atoms with Gasteiger partial charge in [0, 0.05) is 43.1 Å². The van der Waals surface area contributed by atoms with Crippen molar-refractivity contribution in [2.45, 2.75) is 96.0 Å². The van der Waals surface area contributed by atoms with E-state index in [1.165, 1.54) is 31.7 Å². The van der Waals surface area contributed by atoms with Crippen molar-refractivity contribution >= 4 is 23.6 Å². The van der Waals surface area contributed by atoms with Crippen LogP contribution in [-0.4, -0.2) is 77.5 Å². The second-order valence-corrected chi connectivity index (χ2v) is 11.6. The Hall–Kier alpha value is -0.790. The molecule has 2 saturated heterocycles. The van der Waals surface area contributed by atoms with E-state index in [2.05, 4.69) is 41.2 Å². The van der Waals surface area contributed by atoms with Crippen molar-refractivity contribution < 1.29 is 9.59 Å². The Morgan fingerprint density at radius 2 is 1.91 bits per heavy atom. The first-order chi connectivity index (χ1) is 15.4. The van der Waals surface area contributed by atoms with Crippen LogP contribution >= 0.6 is 11.8 Å². The standard InChI is InChI=1S/C20H35N3O2.C5H11NS/c1-5-15(11-21-4)17-8-9-18-19(10-17)22(20(25)16-6-7-16)12-13(2)23(18)14(3)24;1-2-5-3-6-4-7-5/h13,15-19,21H,5-12H2,1-4H3;5-6H,2-4H2,1H3. The highest BCUT2D eigenvalue weighted by atomic mass is 32.2. The van der Waals surface area contributed by atoms with Gasteiger partial charge in [0.2, 0.25) is 11.8 Å². The molecule has 2 saturated carbocycles. The molecule has 6 unspecified atom stereocenters. The molecule has 2 heterocycles. The number of hydrogen-bond acceptors (Lipinski definition) is 5. The second kappa shape index (κ2) is 12.1. The minimum absolute atomic E-state index is 0.136. The van der Waals surface area contributed by atoms with Crippen LogP contribution in [0.25, 0.3) is 0 Å². The fraction of sp³-hybridized carbons (Fsp3) is 0.920. The Morgan fingerprint density at radius 3 is 2.41 bits per heavy atom. The quantitative estimate of drug-likeness (QED) is 0.629. The van der Waals surface area contributed by atoms with E-state index in [0.717, 1.165) is 37.5 Å². The molecule has 0 bridgehead atoms. The summed E-state index contributed by atoms with van der Waals surface area (Å²) in [5, 5.41) is 7.53. The van der Waals surface area contributed by atoms with Crippen molar-refractivity contribution in [1.29, 1.82) is 0 Å². The number of carbonyl (C=O) groups excluding carboxylic acids is 2. The molecule has 2 N–H and O–H groups in total. The Kier molecular flexibility index (Phi) is 9.74. The zero-order valence-electron chi connectivity index (χ0n) is 20.9. The SMILES string of the molecule is CCC(CNC)C1CCC2C(C1)N(C(=O)C1CC1)CC(C)N2C(C)=O.CCC1CNCS1. The maximum Gasteiger partial charge on any atom is 0.226 e. The number of piperazine rings is 1. The largest absolute Gasteiger partial charge is 0.335 e. The van der Waals surface area contributed by atoms with Crippen LogP contribution < -0.4 is 10.6 Å². The van der Waals surface area contributed by atoms with Gasteiger partial charge in [0.25, 0.3) is 0 Å². The van der Waals surface area contributed by atoms with Gasteiger partial charge < -0.3 is 20.4 Å². The van der Waals surface area contributed by atoms with Gasteiger partial charge >= 0.3 is 0 Å². The first-order valence-electron chi connectivity index (χ1n) is 13.0. The van der Waals surface area contributed by atoms with Gasteiger partial charge in [0.05, 0.1) is 12.1 Å². The van der Waals surface area contributed by atoms with E-state index in [-0.39, 0.29) is 30.0 Å².